The predicted molar refractivity (Wildman–Crippen MR) is 114 cm³/mol. The zero-order chi connectivity index (χ0) is 20.9. The molecule has 0 saturated heterocycles. The lowest BCUT2D eigenvalue weighted by molar-refractivity contribution is -0.143. The van der Waals surface area contributed by atoms with Crippen LogP contribution in [0.1, 0.15) is 30.2 Å². The first-order valence-corrected chi connectivity index (χ1v) is 10.4. The number of nitrogens with zero attached hydrogens (tertiary/aromatic N) is 1. The number of benzene rings is 2. The van der Waals surface area contributed by atoms with Crippen LogP contribution in [0.25, 0.3) is 10.9 Å². The van der Waals surface area contributed by atoms with E-state index in [0.29, 0.717) is 13.0 Å². The molecule has 30 heavy (non-hydrogen) atoms. The Balaban J connectivity index is 1.47. The summed E-state index contributed by atoms with van der Waals surface area (Å²) in [5.74, 6) is -0.231. The second-order valence-corrected chi connectivity index (χ2v) is 7.48. The number of hydrogen-bond donors (Lipinski definition) is 1. The summed E-state index contributed by atoms with van der Waals surface area (Å²) in [6.07, 6.45) is 1.90. The van der Waals surface area contributed by atoms with Crippen LogP contribution >= 0.6 is 0 Å². The van der Waals surface area contributed by atoms with Gasteiger partial charge in [-0.2, -0.15) is 0 Å². The molecule has 1 N–H and O–H groups in total. The lowest BCUT2D eigenvalue weighted by Gasteiger charge is -2.24. The molecule has 1 atom stereocenters. The van der Waals surface area contributed by atoms with Gasteiger partial charge in [0.1, 0.15) is 13.2 Å². The molecule has 1 aliphatic rings. The fourth-order valence-electron chi connectivity index (χ4n) is 4.17. The van der Waals surface area contributed by atoms with Crippen molar-refractivity contribution in [3.05, 3.63) is 71.4 Å². The van der Waals surface area contributed by atoms with E-state index < -0.39 is 6.09 Å². The number of aromatic nitrogens is 1. The molecular weight excluding hydrogens is 380 g/mol. The summed E-state index contributed by atoms with van der Waals surface area (Å²) >= 11 is 0. The Labute approximate surface area is 175 Å². The Morgan fingerprint density at radius 2 is 1.83 bits per heavy atom. The standard InChI is InChI=1S/C24H26N2O4/c1-2-29-23(27)15-26-21-11-7-6-10-19(21)20-14-18(12-13-22(20)26)25-24(28)30-16-17-8-4-3-5-9-17/h3-11,18H,2,12-16H2,1H3,(H,25,28)/t18-/m1/s1. The minimum absolute atomic E-state index is 0.00243. The number of carbonyl (C=O) groups is 2. The van der Waals surface area contributed by atoms with E-state index in [1.54, 1.807) is 0 Å². The van der Waals surface area contributed by atoms with Gasteiger partial charge in [-0.15, -0.1) is 0 Å². The van der Waals surface area contributed by atoms with Gasteiger partial charge >= 0.3 is 12.1 Å². The summed E-state index contributed by atoms with van der Waals surface area (Å²) in [6, 6.07) is 17.7. The Hall–Kier alpha value is -3.28. The molecule has 1 aromatic heterocycles. The van der Waals surface area contributed by atoms with Crippen LogP contribution in [0.2, 0.25) is 0 Å². The summed E-state index contributed by atoms with van der Waals surface area (Å²) in [5.41, 5.74) is 4.33. The minimum atomic E-state index is -0.400. The maximum Gasteiger partial charge on any atom is 0.407 e. The van der Waals surface area contributed by atoms with Gasteiger partial charge in [0.15, 0.2) is 0 Å². The predicted octanol–water partition coefficient (Wildman–Crippen LogP) is 3.99. The second-order valence-electron chi connectivity index (χ2n) is 7.48. The van der Waals surface area contributed by atoms with E-state index in [9.17, 15) is 9.59 Å². The quantitative estimate of drug-likeness (QED) is 0.629. The Morgan fingerprint density at radius 1 is 1.07 bits per heavy atom. The number of para-hydroxylation sites is 1. The van der Waals surface area contributed by atoms with Crippen LogP contribution in [0.3, 0.4) is 0 Å². The van der Waals surface area contributed by atoms with E-state index >= 15 is 0 Å². The zero-order valence-electron chi connectivity index (χ0n) is 17.1. The fourth-order valence-corrected chi connectivity index (χ4v) is 4.17. The SMILES string of the molecule is CCOC(=O)Cn1c2c(c3ccccc31)C[C@H](NC(=O)OCc1ccccc1)CC2. The van der Waals surface area contributed by atoms with Gasteiger partial charge in [-0.3, -0.25) is 4.79 Å². The molecule has 2 aromatic carbocycles. The molecule has 0 bridgehead atoms. The van der Waals surface area contributed by atoms with Gasteiger partial charge in [-0.05, 0) is 43.4 Å². The molecule has 6 heteroatoms. The van der Waals surface area contributed by atoms with Gasteiger partial charge < -0.3 is 19.4 Å². The Kier molecular flexibility index (Phi) is 6.02. The monoisotopic (exact) mass is 406 g/mol. The minimum Gasteiger partial charge on any atom is -0.465 e. The van der Waals surface area contributed by atoms with Gasteiger partial charge in [-0.1, -0.05) is 48.5 Å². The smallest absolute Gasteiger partial charge is 0.407 e. The highest BCUT2D eigenvalue weighted by Gasteiger charge is 2.27. The molecule has 3 aromatic rings. The first kappa shape index (κ1) is 20.0. The summed E-state index contributed by atoms with van der Waals surface area (Å²) in [7, 11) is 0. The van der Waals surface area contributed by atoms with Crippen molar-refractivity contribution in [3.63, 3.8) is 0 Å². The first-order chi connectivity index (χ1) is 14.7. The highest BCUT2D eigenvalue weighted by molar-refractivity contribution is 5.87. The Morgan fingerprint density at radius 3 is 2.63 bits per heavy atom. The Bertz CT molecular complexity index is 1040. The van der Waals surface area contributed by atoms with Crippen molar-refractivity contribution < 1.29 is 19.1 Å². The number of fused-ring (bicyclic) bond motifs is 3. The van der Waals surface area contributed by atoms with Crippen LogP contribution in [0.4, 0.5) is 4.79 Å². The van der Waals surface area contributed by atoms with Crippen LogP contribution in [-0.2, 0) is 40.3 Å². The van der Waals surface area contributed by atoms with Crippen molar-refractivity contribution >= 4 is 23.0 Å². The van der Waals surface area contributed by atoms with Crippen molar-refractivity contribution in [1.82, 2.24) is 9.88 Å². The van der Waals surface area contributed by atoms with Crippen LogP contribution in [0, 0.1) is 0 Å². The van der Waals surface area contributed by atoms with Crippen LogP contribution in [0.15, 0.2) is 54.6 Å². The third-order valence-corrected chi connectivity index (χ3v) is 5.50. The molecule has 156 valence electrons. The van der Waals surface area contributed by atoms with E-state index in [2.05, 4.69) is 16.0 Å². The second kappa shape index (κ2) is 9.03. The molecule has 0 saturated carbocycles. The summed E-state index contributed by atoms with van der Waals surface area (Å²) < 4.78 is 12.6. The zero-order valence-corrected chi connectivity index (χ0v) is 17.1. The highest BCUT2D eigenvalue weighted by atomic mass is 16.5. The van der Waals surface area contributed by atoms with Crippen molar-refractivity contribution in [2.24, 2.45) is 0 Å². The topological polar surface area (TPSA) is 69.6 Å². The molecule has 1 aliphatic carbocycles. The molecule has 0 aliphatic heterocycles. The first-order valence-electron chi connectivity index (χ1n) is 10.4. The third-order valence-electron chi connectivity index (χ3n) is 5.50. The molecule has 4 rings (SSSR count). The van der Waals surface area contributed by atoms with Crippen molar-refractivity contribution in [1.29, 1.82) is 0 Å². The third kappa shape index (κ3) is 4.32. The van der Waals surface area contributed by atoms with Gasteiger partial charge in [-0.25, -0.2) is 4.79 Å². The number of esters is 1. The lowest BCUT2D eigenvalue weighted by atomic mass is 9.91. The van der Waals surface area contributed by atoms with Gasteiger partial charge in [0.2, 0.25) is 0 Å². The molecule has 0 radical (unpaired) electrons. The molecule has 1 heterocycles. The average Bonchev–Trinajstić information content (AvgIpc) is 3.06. The van der Waals surface area contributed by atoms with E-state index in [1.807, 2.05) is 55.5 Å². The normalized spacial score (nSPS) is 15.4. The van der Waals surface area contributed by atoms with Gasteiger partial charge in [0.25, 0.3) is 0 Å². The summed E-state index contributed by atoms with van der Waals surface area (Å²) in [6.45, 7) is 2.65. The van der Waals surface area contributed by atoms with Crippen LogP contribution in [0.5, 0.6) is 0 Å². The summed E-state index contributed by atoms with van der Waals surface area (Å²) in [5, 5.41) is 4.13. The van der Waals surface area contributed by atoms with E-state index in [4.69, 9.17) is 9.47 Å². The fraction of sp³-hybridized carbons (Fsp3) is 0.333. The number of rotatable bonds is 6. The largest absolute Gasteiger partial charge is 0.465 e. The number of alkyl carbamates (subject to hydrolysis) is 1. The molecule has 0 unspecified atom stereocenters. The van der Waals surface area contributed by atoms with Gasteiger partial charge in [0.05, 0.1) is 6.61 Å². The van der Waals surface area contributed by atoms with Crippen molar-refractivity contribution in [2.75, 3.05) is 6.61 Å². The van der Waals surface area contributed by atoms with Gasteiger partial charge in [0, 0.05) is 22.6 Å². The highest BCUT2D eigenvalue weighted by Crippen LogP contribution is 2.32. The van der Waals surface area contributed by atoms with E-state index in [-0.39, 0.29) is 25.2 Å². The number of hydrogen-bond acceptors (Lipinski definition) is 4. The number of ether oxygens (including phenoxy) is 2. The maximum atomic E-state index is 12.3. The van der Waals surface area contributed by atoms with Crippen molar-refractivity contribution in [2.45, 2.75) is 45.4 Å². The number of carbonyl (C=O) groups excluding carboxylic acids is 2. The maximum absolute atomic E-state index is 12.3. The molecule has 0 spiro atoms. The van der Waals surface area contributed by atoms with E-state index in [0.717, 1.165) is 35.0 Å². The molecule has 6 nitrogen and oxygen atoms in total. The van der Waals surface area contributed by atoms with E-state index in [1.165, 1.54) is 5.56 Å². The lowest BCUT2D eigenvalue weighted by Crippen LogP contribution is -2.39. The van der Waals surface area contributed by atoms with Crippen molar-refractivity contribution in [3.8, 4) is 0 Å². The summed E-state index contributed by atoms with van der Waals surface area (Å²) in [4.78, 5) is 24.4. The molecular formula is C24H26N2O4. The molecule has 1 amide bonds. The van der Waals surface area contributed by atoms with Crippen LogP contribution in [-0.4, -0.2) is 29.3 Å². The molecule has 0 fully saturated rings. The van der Waals surface area contributed by atoms with Crippen LogP contribution < -0.4 is 5.32 Å². The number of nitrogens with one attached hydrogen (secondary N) is 1. The average molecular weight is 406 g/mol. The number of amides is 1.